The van der Waals surface area contributed by atoms with Gasteiger partial charge >= 0.3 is 0 Å². The first-order valence-corrected chi connectivity index (χ1v) is 10.3. The molecule has 144 valence electrons. The predicted octanol–water partition coefficient (Wildman–Crippen LogP) is 4.74. The van der Waals surface area contributed by atoms with Crippen molar-refractivity contribution in [3.05, 3.63) is 53.9 Å². The molecule has 0 spiro atoms. The molecule has 0 amide bonds. The Bertz CT molecular complexity index is 1170. The Morgan fingerprint density at radius 1 is 0.893 bits per heavy atom. The van der Waals surface area contributed by atoms with E-state index < -0.39 is 0 Å². The molecule has 4 rings (SSSR count). The molecule has 4 heteroatoms. The Hall–Kier alpha value is -2.88. The number of hydrogen-bond donors (Lipinski definition) is 0. The maximum absolute atomic E-state index is 6.40. The van der Waals surface area contributed by atoms with E-state index in [2.05, 4.69) is 85.7 Å². The third-order valence-electron chi connectivity index (χ3n) is 5.59. The van der Waals surface area contributed by atoms with Gasteiger partial charge in [0.2, 0.25) is 5.36 Å². The highest BCUT2D eigenvalue weighted by atomic mass is 16.3. The van der Waals surface area contributed by atoms with Gasteiger partial charge in [-0.3, -0.25) is 0 Å². The maximum atomic E-state index is 6.40. The molecule has 2 aliphatic rings. The summed E-state index contributed by atoms with van der Waals surface area (Å²) < 4.78 is 8.77. The monoisotopic (exact) mass is 374 g/mol. The van der Waals surface area contributed by atoms with Gasteiger partial charge in [-0.05, 0) is 45.9 Å². The molecule has 0 saturated heterocycles. The lowest BCUT2D eigenvalue weighted by atomic mass is 10.0. The molecule has 0 N–H and O–H groups in total. The van der Waals surface area contributed by atoms with Crippen LogP contribution in [0.25, 0.3) is 33.3 Å². The minimum atomic E-state index is 0.831. The Morgan fingerprint density at radius 3 is 2.29 bits per heavy atom. The molecular formula is C24H28N3O+. The minimum absolute atomic E-state index is 0.831. The number of anilines is 1. The molecule has 0 bridgehead atoms. The first-order chi connectivity index (χ1) is 13.7. The van der Waals surface area contributed by atoms with E-state index in [0.29, 0.717) is 0 Å². The van der Waals surface area contributed by atoms with Gasteiger partial charge in [-0.1, -0.05) is 18.2 Å². The summed E-state index contributed by atoms with van der Waals surface area (Å²) in [5.41, 5.74) is 3.82. The molecule has 4 nitrogen and oxygen atoms in total. The zero-order chi connectivity index (χ0) is 19.7. The van der Waals surface area contributed by atoms with Crippen LogP contribution in [-0.2, 0) is 0 Å². The summed E-state index contributed by atoms with van der Waals surface area (Å²) in [7, 11) is 0. The molecular weight excluding hydrogens is 346 g/mol. The molecule has 0 atom stereocenters. The van der Waals surface area contributed by atoms with Crippen LogP contribution in [-0.4, -0.2) is 31.2 Å². The maximum Gasteiger partial charge on any atom is 0.211 e. The first-order valence-electron chi connectivity index (χ1n) is 10.3. The smallest absolute Gasteiger partial charge is 0.211 e. The fourth-order valence-corrected chi connectivity index (χ4v) is 4.04. The fraction of sp³-hybridized carbons (Fsp3) is 0.333. The van der Waals surface area contributed by atoms with Gasteiger partial charge in [-0.25, -0.2) is 9.56 Å². The number of hydrogen-bond acceptors (Lipinski definition) is 3. The molecule has 0 fully saturated rings. The van der Waals surface area contributed by atoms with Crippen LogP contribution in [0.3, 0.4) is 0 Å². The van der Waals surface area contributed by atoms with E-state index >= 15 is 0 Å². The second-order valence-electron chi connectivity index (χ2n) is 7.00. The largest absolute Gasteiger partial charge is 0.452 e. The zero-order valence-electron chi connectivity index (χ0n) is 17.2. The molecule has 1 aliphatic carbocycles. The van der Waals surface area contributed by atoms with Crippen LogP contribution in [0.2, 0.25) is 0 Å². The van der Waals surface area contributed by atoms with E-state index in [1.165, 1.54) is 16.4 Å². The number of rotatable bonds is 5. The lowest BCUT2D eigenvalue weighted by Crippen LogP contribution is -2.30. The van der Waals surface area contributed by atoms with Gasteiger partial charge in [-0.2, -0.15) is 0 Å². The lowest BCUT2D eigenvalue weighted by Gasteiger charge is -2.21. The lowest BCUT2D eigenvalue weighted by molar-refractivity contribution is 0.603. The molecule has 2 aromatic carbocycles. The third-order valence-corrected chi connectivity index (χ3v) is 5.59. The minimum Gasteiger partial charge on any atom is -0.452 e. The third kappa shape index (κ3) is 3.03. The van der Waals surface area contributed by atoms with E-state index in [4.69, 9.17) is 9.40 Å². The summed E-state index contributed by atoms with van der Waals surface area (Å²) in [6.45, 7) is 12.6. The van der Waals surface area contributed by atoms with Crippen molar-refractivity contribution in [3.8, 4) is 11.5 Å². The first kappa shape index (κ1) is 18.5. The topological polar surface area (TPSA) is 32.3 Å². The predicted molar refractivity (Wildman–Crippen MR) is 118 cm³/mol. The van der Waals surface area contributed by atoms with Crippen molar-refractivity contribution in [2.75, 3.05) is 31.1 Å². The Kier molecular flexibility index (Phi) is 5.03. The molecule has 0 saturated carbocycles. The molecule has 1 aliphatic heterocycles. The molecule has 1 heterocycles. The summed E-state index contributed by atoms with van der Waals surface area (Å²) >= 11 is 0. The number of fused-ring (bicyclic) bond motifs is 4. The van der Waals surface area contributed by atoms with Crippen molar-refractivity contribution in [2.24, 2.45) is 0 Å². The van der Waals surface area contributed by atoms with Gasteiger partial charge in [0, 0.05) is 30.2 Å². The van der Waals surface area contributed by atoms with Crippen molar-refractivity contribution >= 4 is 27.6 Å². The highest BCUT2D eigenvalue weighted by molar-refractivity contribution is 5.96. The second kappa shape index (κ2) is 7.63. The van der Waals surface area contributed by atoms with Gasteiger partial charge in [-0.15, -0.1) is 0 Å². The van der Waals surface area contributed by atoms with E-state index in [-0.39, 0.29) is 0 Å². The molecule has 0 aromatic heterocycles. The average Bonchev–Trinajstić information content (AvgIpc) is 2.74. The van der Waals surface area contributed by atoms with Crippen LogP contribution >= 0.6 is 0 Å². The summed E-state index contributed by atoms with van der Waals surface area (Å²) in [6.07, 6.45) is 0. The number of nitrogens with zero attached hydrogens (tertiary/aromatic N) is 3. The molecule has 0 radical (unpaired) electrons. The van der Waals surface area contributed by atoms with E-state index in [0.717, 1.165) is 54.1 Å². The van der Waals surface area contributed by atoms with Crippen LogP contribution in [0.4, 0.5) is 5.69 Å². The van der Waals surface area contributed by atoms with Crippen LogP contribution < -0.4 is 14.8 Å². The Labute approximate surface area is 166 Å². The van der Waals surface area contributed by atoms with E-state index in [9.17, 15) is 0 Å². The average molecular weight is 375 g/mol. The summed E-state index contributed by atoms with van der Waals surface area (Å²) in [5.74, 6) is 0.838. The van der Waals surface area contributed by atoms with Crippen LogP contribution in [0, 0.1) is 0 Å². The Balaban J connectivity index is 2.08. The van der Waals surface area contributed by atoms with Gasteiger partial charge in [0.15, 0.2) is 11.3 Å². The zero-order valence-corrected chi connectivity index (χ0v) is 17.2. The van der Waals surface area contributed by atoms with Gasteiger partial charge in [0.05, 0.1) is 11.5 Å². The van der Waals surface area contributed by atoms with Crippen molar-refractivity contribution in [1.82, 2.24) is 9.56 Å². The second-order valence-corrected chi connectivity index (χ2v) is 7.00. The quantitative estimate of drug-likeness (QED) is 0.287. The Morgan fingerprint density at radius 2 is 1.61 bits per heavy atom. The van der Waals surface area contributed by atoms with Crippen molar-refractivity contribution in [2.45, 2.75) is 27.7 Å². The van der Waals surface area contributed by atoms with Crippen molar-refractivity contribution < 1.29 is 4.42 Å². The standard InChI is InChI=1S/C24H28N3O/c1-5-26(6-2)17-13-14-20-22(15-17)28-23-16-21(27(7-3)8-4)18-11-9-10-12-19(18)24(23)25-20/h9-16H,5-8H2,1-4H3/q+1. The number of benzene rings is 3. The molecule has 2 aromatic rings. The number of aromatic nitrogens is 1. The summed E-state index contributed by atoms with van der Waals surface area (Å²) in [6, 6.07) is 17.0. The van der Waals surface area contributed by atoms with E-state index in [1.54, 1.807) is 0 Å². The highest BCUT2D eigenvalue weighted by Crippen LogP contribution is 2.31. The SMILES string of the molecule is CCN(CC)c1ccc2nc3c4ccccc4c(=[N+](CC)CC)cc-3oc2c1. The van der Waals surface area contributed by atoms with Crippen LogP contribution in [0.1, 0.15) is 27.7 Å². The molecule has 0 unspecified atom stereocenters. The molecule has 28 heavy (non-hydrogen) atoms. The van der Waals surface area contributed by atoms with E-state index in [1.807, 2.05) is 0 Å². The van der Waals surface area contributed by atoms with Crippen molar-refractivity contribution in [3.63, 3.8) is 0 Å². The van der Waals surface area contributed by atoms with Gasteiger partial charge in [0.1, 0.15) is 24.3 Å². The summed E-state index contributed by atoms with van der Waals surface area (Å²) in [5, 5.41) is 3.57. The van der Waals surface area contributed by atoms with Gasteiger partial charge < -0.3 is 9.32 Å². The van der Waals surface area contributed by atoms with Gasteiger partial charge in [0.25, 0.3) is 0 Å². The van der Waals surface area contributed by atoms with Crippen molar-refractivity contribution in [1.29, 1.82) is 0 Å². The van der Waals surface area contributed by atoms with Crippen LogP contribution in [0.15, 0.2) is 52.9 Å². The normalized spacial score (nSPS) is 11.4. The fourth-order valence-electron chi connectivity index (χ4n) is 4.04. The highest BCUT2D eigenvalue weighted by Gasteiger charge is 2.18. The van der Waals surface area contributed by atoms with Crippen LogP contribution in [0.5, 0.6) is 0 Å². The summed E-state index contributed by atoms with van der Waals surface area (Å²) in [4.78, 5) is 7.30.